The minimum absolute atomic E-state index is 0.0764. The highest BCUT2D eigenvalue weighted by atomic mass is 16.2. The second-order valence-electron chi connectivity index (χ2n) is 8.97. The lowest BCUT2D eigenvalue weighted by molar-refractivity contribution is 0.262. The number of anilines is 5. The topological polar surface area (TPSA) is 82.2 Å². The van der Waals surface area contributed by atoms with Crippen LogP contribution in [0, 0.1) is 6.92 Å². The number of hydrogen-bond donors (Lipinski definition) is 3. The van der Waals surface area contributed by atoms with Gasteiger partial charge in [-0.1, -0.05) is 32.9 Å². The van der Waals surface area contributed by atoms with E-state index in [9.17, 15) is 4.79 Å². The summed E-state index contributed by atoms with van der Waals surface area (Å²) in [7, 11) is 0. The first-order chi connectivity index (χ1) is 15.7. The number of carbonyl (C=O) groups excluding carboxylic acids is 1. The second-order valence-corrected chi connectivity index (χ2v) is 8.97. The van der Waals surface area contributed by atoms with E-state index in [4.69, 9.17) is 0 Å². The Morgan fingerprint density at radius 3 is 1.88 bits per heavy atom. The summed E-state index contributed by atoms with van der Waals surface area (Å²) in [4.78, 5) is 23.7. The molecule has 0 saturated carbocycles. The van der Waals surface area contributed by atoms with Crippen molar-refractivity contribution in [1.29, 1.82) is 0 Å². The fourth-order valence-corrected chi connectivity index (χ4v) is 3.43. The van der Waals surface area contributed by atoms with Crippen molar-refractivity contribution in [3.8, 4) is 0 Å². The van der Waals surface area contributed by atoms with Gasteiger partial charge >= 0.3 is 6.03 Å². The summed E-state index contributed by atoms with van der Waals surface area (Å²) >= 11 is 0. The van der Waals surface area contributed by atoms with Gasteiger partial charge in [0.2, 0.25) is 5.95 Å². The number of amides is 2. The zero-order chi connectivity index (χ0) is 24.0. The van der Waals surface area contributed by atoms with Crippen molar-refractivity contribution < 1.29 is 4.79 Å². The zero-order valence-corrected chi connectivity index (χ0v) is 20.4. The average molecular weight is 447 g/mol. The molecule has 0 saturated heterocycles. The molecule has 1 heterocycles. The van der Waals surface area contributed by atoms with Crippen LogP contribution in [0.3, 0.4) is 0 Å². The van der Waals surface area contributed by atoms with Gasteiger partial charge in [0.1, 0.15) is 5.82 Å². The highest BCUT2D eigenvalue weighted by molar-refractivity contribution is 5.99. The average Bonchev–Trinajstić information content (AvgIpc) is 2.75. The Hall–Kier alpha value is -3.61. The Morgan fingerprint density at radius 2 is 1.36 bits per heavy atom. The second kappa shape index (κ2) is 10.3. The Labute approximate surface area is 196 Å². The van der Waals surface area contributed by atoms with Crippen LogP contribution in [0.5, 0.6) is 0 Å². The van der Waals surface area contributed by atoms with E-state index in [-0.39, 0.29) is 11.4 Å². The fraction of sp³-hybridized carbons (Fsp3) is 0.346. The van der Waals surface area contributed by atoms with Gasteiger partial charge in [0.05, 0.1) is 0 Å². The first-order valence-electron chi connectivity index (χ1n) is 11.3. The third-order valence-electron chi connectivity index (χ3n) is 5.34. The number of hydrogen-bond acceptors (Lipinski definition) is 5. The molecule has 0 fully saturated rings. The molecular formula is C26H34N6O. The molecule has 0 aliphatic rings. The van der Waals surface area contributed by atoms with Gasteiger partial charge in [0.15, 0.2) is 0 Å². The molecule has 1 aromatic heterocycles. The summed E-state index contributed by atoms with van der Waals surface area (Å²) < 4.78 is 0. The largest absolute Gasteiger partial charge is 0.357 e. The quantitative estimate of drug-likeness (QED) is 0.396. The van der Waals surface area contributed by atoms with E-state index in [1.54, 1.807) is 0 Å². The molecular weight excluding hydrogens is 412 g/mol. The molecule has 7 nitrogen and oxygen atoms in total. The molecule has 0 aliphatic heterocycles. The number of benzene rings is 2. The van der Waals surface area contributed by atoms with Crippen LogP contribution in [-0.4, -0.2) is 29.1 Å². The van der Waals surface area contributed by atoms with Gasteiger partial charge in [-0.15, -0.1) is 0 Å². The third-order valence-corrected chi connectivity index (χ3v) is 5.34. The molecule has 0 spiro atoms. The molecule has 7 heteroatoms. The molecule has 2 aromatic carbocycles. The number of rotatable bonds is 7. The number of aromatic nitrogens is 2. The van der Waals surface area contributed by atoms with E-state index < -0.39 is 0 Å². The van der Waals surface area contributed by atoms with Crippen LogP contribution in [0.2, 0.25) is 0 Å². The maximum Gasteiger partial charge on any atom is 0.323 e. The summed E-state index contributed by atoms with van der Waals surface area (Å²) in [5.74, 6) is 1.45. The first kappa shape index (κ1) is 24.0. The molecule has 33 heavy (non-hydrogen) atoms. The molecule has 2 amide bonds. The van der Waals surface area contributed by atoms with Crippen molar-refractivity contribution in [1.82, 2.24) is 9.97 Å². The minimum atomic E-state index is -0.287. The van der Waals surface area contributed by atoms with Gasteiger partial charge in [0.25, 0.3) is 0 Å². The molecule has 0 unspecified atom stereocenters. The number of aryl methyl sites for hydroxylation is 1. The summed E-state index contributed by atoms with van der Waals surface area (Å²) in [6.45, 7) is 14.4. The highest BCUT2D eigenvalue weighted by Gasteiger charge is 2.13. The first-order valence-corrected chi connectivity index (χ1v) is 11.3. The van der Waals surface area contributed by atoms with Crippen molar-refractivity contribution in [2.45, 2.75) is 47.0 Å². The third kappa shape index (κ3) is 6.68. The lowest BCUT2D eigenvalue weighted by Gasteiger charge is -2.20. The monoisotopic (exact) mass is 446 g/mol. The van der Waals surface area contributed by atoms with E-state index in [2.05, 4.69) is 65.4 Å². The smallest absolute Gasteiger partial charge is 0.323 e. The Bertz CT molecular complexity index is 1070. The van der Waals surface area contributed by atoms with Crippen molar-refractivity contribution in [3.05, 3.63) is 65.9 Å². The Balaban J connectivity index is 1.61. The van der Waals surface area contributed by atoms with E-state index in [0.717, 1.165) is 36.0 Å². The van der Waals surface area contributed by atoms with Crippen molar-refractivity contribution in [3.63, 3.8) is 0 Å². The molecule has 3 rings (SSSR count). The summed E-state index contributed by atoms with van der Waals surface area (Å²) in [5.41, 5.74) is 4.48. The molecule has 0 bridgehead atoms. The standard InChI is InChI=1S/C26H34N6O/c1-7-32(8-2)23-17-18(3)27-24(31-23)28-20-13-15-22(16-14-20)30-25(33)29-21-11-9-19(10-12-21)26(4,5)6/h9-17H,7-8H2,1-6H3,(H,27,28,31)(H2,29,30,33). The van der Waals surface area contributed by atoms with Crippen LogP contribution in [0.25, 0.3) is 0 Å². The molecule has 3 N–H and O–H groups in total. The summed E-state index contributed by atoms with van der Waals surface area (Å²) in [6, 6.07) is 17.1. The maximum absolute atomic E-state index is 12.4. The molecule has 0 radical (unpaired) electrons. The predicted molar refractivity (Wildman–Crippen MR) is 138 cm³/mol. The van der Waals surface area contributed by atoms with Gasteiger partial charge in [0, 0.05) is 41.9 Å². The SMILES string of the molecule is CCN(CC)c1cc(C)nc(Nc2ccc(NC(=O)Nc3ccc(C(C)(C)C)cc3)cc2)n1. The van der Waals surface area contributed by atoms with Gasteiger partial charge in [-0.05, 0) is 68.1 Å². The van der Waals surface area contributed by atoms with Crippen LogP contribution >= 0.6 is 0 Å². The van der Waals surface area contributed by atoms with Crippen molar-refractivity contribution >= 4 is 34.9 Å². The van der Waals surface area contributed by atoms with Crippen LogP contribution in [0.1, 0.15) is 45.9 Å². The lowest BCUT2D eigenvalue weighted by atomic mass is 9.87. The van der Waals surface area contributed by atoms with E-state index in [0.29, 0.717) is 11.6 Å². The van der Waals surface area contributed by atoms with Crippen molar-refractivity contribution in [2.75, 3.05) is 33.9 Å². The number of nitrogens with one attached hydrogen (secondary N) is 3. The summed E-state index contributed by atoms with van der Waals surface area (Å²) in [6.07, 6.45) is 0. The number of nitrogens with zero attached hydrogens (tertiary/aromatic N) is 3. The summed E-state index contributed by atoms with van der Waals surface area (Å²) in [5, 5.41) is 8.97. The predicted octanol–water partition coefficient (Wildman–Crippen LogP) is 6.32. The van der Waals surface area contributed by atoms with E-state index >= 15 is 0 Å². The van der Waals surface area contributed by atoms with Gasteiger partial charge in [-0.2, -0.15) is 4.98 Å². The van der Waals surface area contributed by atoms with E-state index in [1.165, 1.54) is 5.56 Å². The van der Waals surface area contributed by atoms with Crippen LogP contribution in [0.4, 0.5) is 33.6 Å². The van der Waals surface area contributed by atoms with Crippen LogP contribution in [0.15, 0.2) is 54.6 Å². The lowest BCUT2D eigenvalue weighted by Crippen LogP contribution is -2.23. The van der Waals surface area contributed by atoms with Crippen molar-refractivity contribution in [2.24, 2.45) is 0 Å². The molecule has 3 aromatic rings. The highest BCUT2D eigenvalue weighted by Crippen LogP contribution is 2.24. The minimum Gasteiger partial charge on any atom is -0.357 e. The maximum atomic E-state index is 12.4. The number of urea groups is 1. The molecule has 0 atom stereocenters. The Kier molecular flexibility index (Phi) is 7.53. The van der Waals surface area contributed by atoms with Crippen LogP contribution < -0.4 is 20.9 Å². The fourth-order valence-electron chi connectivity index (χ4n) is 3.43. The van der Waals surface area contributed by atoms with Gasteiger partial charge < -0.3 is 20.9 Å². The molecule has 174 valence electrons. The van der Waals surface area contributed by atoms with E-state index in [1.807, 2.05) is 61.5 Å². The zero-order valence-electron chi connectivity index (χ0n) is 20.4. The van der Waals surface area contributed by atoms with Crippen LogP contribution in [-0.2, 0) is 5.41 Å². The number of carbonyl (C=O) groups is 1. The normalized spacial score (nSPS) is 11.1. The van der Waals surface area contributed by atoms with Gasteiger partial charge in [-0.25, -0.2) is 9.78 Å². The molecule has 0 aliphatic carbocycles. The van der Waals surface area contributed by atoms with Gasteiger partial charge in [-0.3, -0.25) is 0 Å². The Morgan fingerprint density at radius 1 is 0.848 bits per heavy atom.